The quantitative estimate of drug-likeness (QED) is 0.0610. The third kappa shape index (κ3) is 7.83. The Balaban J connectivity index is 1.97. The van der Waals surface area contributed by atoms with Crippen molar-refractivity contribution in [1.82, 2.24) is 0 Å². The Bertz CT molecular complexity index is 2060. The van der Waals surface area contributed by atoms with Crippen molar-refractivity contribution in [2.45, 2.75) is 130 Å². The molecule has 12 nitrogen and oxygen atoms in total. The smallest absolute Gasteiger partial charge is 0.313 e. The van der Waals surface area contributed by atoms with Crippen LogP contribution in [-0.2, 0) is 0 Å². The number of nitro groups is 2. The molecule has 4 aromatic rings. The highest BCUT2D eigenvalue weighted by Gasteiger charge is 2.49. The van der Waals surface area contributed by atoms with Gasteiger partial charge in [0.2, 0.25) is 0 Å². The Morgan fingerprint density at radius 2 is 0.783 bits per heavy atom. The first-order chi connectivity index (χ1) is 28.1. The minimum atomic E-state index is -2.47. The van der Waals surface area contributed by atoms with Gasteiger partial charge in [0, 0.05) is 35.4 Å². The summed E-state index contributed by atoms with van der Waals surface area (Å²) >= 11 is 0. The molecule has 0 fully saturated rings. The number of hydrogen-bond acceptors (Lipinski definition) is 10. The van der Waals surface area contributed by atoms with Gasteiger partial charge in [-0.25, -0.2) is 10.0 Å². The number of fused-ring (bicyclic) bond motifs is 3. The lowest BCUT2D eigenvalue weighted by Gasteiger charge is -2.46. The number of aryl methyl sites for hydroxylation is 2. The second-order valence-corrected chi connectivity index (χ2v) is 28.7. The molecule has 324 valence electrons. The van der Waals surface area contributed by atoms with Gasteiger partial charge in [0.1, 0.15) is 11.5 Å². The lowest BCUT2D eigenvalue weighted by atomic mass is 9.94. The molecule has 1 heterocycles. The van der Waals surface area contributed by atoms with Gasteiger partial charge in [-0.2, -0.15) is 0 Å². The Hall–Kier alpha value is -5.09. The maximum absolute atomic E-state index is 12.6. The Morgan fingerprint density at radius 3 is 1.03 bits per heavy atom. The molecule has 0 saturated carbocycles. The summed E-state index contributed by atoms with van der Waals surface area (Å²) in [4.78, 5) is 24.3. The molecule has 0 aliphatic carbocycles. The summed E-state index contributed by atoms with van der Waals surface area (Å²) in [5.41, 5.74) is 7.19. The van der Waals surface area contributed by atoms with E-state index < -0.39 is 26.5 Å². The van der Waals surface area contributed by atoms with Gasteiger partial charge < -0.3 is 18.3 Å². The van der Waals surface area contributed by atoms with E-state index in [1.165, 1.54) is 26.4 Å². The zero-order valence-corrected chi connectivity index (χ0v) is 40.3. The molecule has 14 heteroatoms. The number of ether oxygens (including phenoxy) is 2. The summed E-state index contributed by atoms with van der Waals surface area (Å²) in [6, 6.07) is 18.0. The van der Waals surface area contributed by atoms with Crippen LogP contribution in [0.1, 0.15) is 94.2 Å². The third-order valence-electron chi connectivity index (χ3n) is 12.7. The van der Waals surface area contributed by atoms with E-state index in [4.69, 9.17) is 18.3 Å². The lowest BCUT2D eigenvalue weighted by Crippen LogP contribution is -2.51. The molecule has 1 aliphatic heterocycles. The fourth-order valence-corrected chi connectivity index (χ4v) is 20.7. The minimum Gasteiger partial charge on any atom is -0.542 e. The van der Waals surface area contributed by atoms with Crippen molar-refractivity contribution in [2.75, 3.05) is 24.2 Å². The molecule has 0 bridgehead atoms. The van der Waals surface area contributed by atoms with Crippen LogP contribution < -0.4 is 28.3 Å². The monoisotopic (exact) mass is 856 g/mol. The molecule has 0 radical (unpaired) electrons. The van der Waals surface area contributed by atoms with Crippen molar-refractivity contribution in [3.63, 3.8) is 0 Å². The molecule has 0 aromatic heterocycles. The maximum Gasteiger partial charge on any atom is 0.313 e. The molecule has 0 saturated heterocycles. The second-order valence-electron chi connectivity index (χ2n) is 18.0. The summed E-state index contributed by atoms with van der Waals surface area (Å²) in [5.74, 6) is 1.66. The van der Waals surface area contributed by atoms with E-state index in [1.54, 1.807) is 24.3 Å². The number of anilines is 4. The normalized spacial score (nSPS) is 13.1. The van der Waals surface area contributed by atoms with E-state index in [-0.39, 0.29) is 22.9 Å². The first kappa shape index (κ1) is 46.0. The van der Waals surface area contributed by atoms with E-state index in [2.05, 4.69) is 109 Å². The van der Waals surface area contributed by atoms with E-state index in [9.17, 15) is 20.2 Å². The molecular weight excluding hydrogens is 793 g/mol. The van der Waals surface area contributed by atoms with Crippen LogP contribution in [0.4, 0.5) is 34.1 Å². The molecule has 0 unspecified atom stereocenters. The predicted octanol–water partition coefficient (Wildman–Crippen LogP) is 14.1. The summed E-state index contributed by atoms with van der Waals surface area (Å²) in [6.45, 7) is 31.1. The van der Waals surface area contributed by atoms with Gasteiger partial charge in [-0.1, -0.05) is 83.1 Å². The average molecular weight is 857 g/mol. The first-order valence-electron chi connectivity index (χ1n) is 21.0. The van der Waals surface area contributed by atoms with Crippen molar-refractivity contribution >= 4 is 50.8 Å². The van der Waals surface area contributed by atoms with Gasteiger partial charge in [0.05, 0.1) is 46.8 Å². The highest BCUT2D eigenvalue weighted by atomic mass is 28.4. The fraction of sp³-hybridized carbons (Fsp3) is 0.478. The highest BCUT2D eigenvalue weighted by molar-refractivity contribution is 6.78. The van der Waals surface area contributed by atoms with Crippen molar-refractivity contribution in [3.8, 4) is 34.1 Å². The van der Waals surface area contributed by atoms with Crippen molar-refractivity contribution < 1.29 is 28.2 Å². The maximum atomic E-state index is 12.6. The number of nitro benzene ring substituents is 2. The van der Waals surface area contributed by atoms with Gasteiger partial charge in [-0.05, 0) is 94.6 Å². The highest BCUT2D eigenvalue weighted by Crippen LogP contribution is 2.56. The number of hydrogen-bond donors (Lipinski definition) is 0. The van der Waals surface area contributed by atoms with Gasteiger partial charge >= 0.3 is 11.4 Å². The minimum absolute atomic E-state index is 0.103. The molecular formula is C46H64N4O8Si2. The predicted molar refractivity (Wildman–Crippen MR) is 248 cm³/mol. The van der Waals surface area contributed by atoms with Gasteiger partial charge in [-0.15, -0.1) is 0 Å². The van der Waals surface area contributed by atoms with Crippen LogP contribution in [0.25, 0.3) is 11.1 Å². The molecule has 5 rings (SSSR count). The number of hydrazine groups is 1. The summed E-state index contributed by atoms with van der Waals surface area (Å²) in [6.07, 6.45) is 0. The third-order valence-corrected chi connectivity index (χ3v) is 24.7. The molecule has 4 aromatic carbocycles. The second kappa shape index (κ2) is 17.5. The molecule has 60 heavy (non-hydrogen) atoms. The summed E-state index contributed by atoms with van der Waals surface area (Å²) in [5, 5.41) is 29.0. The van der Waals surface area contributed by atoms with E-state index in [0.29, 0.717) is 56.0 Å². The molecule has 0 N–H and O–H groups in total. The van der Waals surface area contributed by atoms with Gasteiger partial charge in [-0.3, -0.25) is 20.2 Å². The molecule has 0 atom stereocenters. The Labute approximate surface area is 358 Å². The van der Waals surface area contributed by atoms with E-state index in [0.717, 1.165) is 33.8 Å². The Morgan fingerprint density at radius 1 is 0.483 bits per heavy atom. The standard InChI is InChI=1S/C46H64N4O8Si2/c1-27(2)59(28(3)4,29(5)6)57-45-25-39-37(21-33(45)13)38-22-34(14)46(58-60(30(7)8,31(9)10)32(11)12)26-40(38)48(36-18-20-44(56-16)42(24-36)50(53)54)47(39)35-17-19-43(55-15)41(23-35)49(51)52/h17-32H,1-16H3. The SMILES string of the molecule is COc1ccc(N2c3cc(O[Si](C(C)C)(C(C)C)C(C)C)c(C)cc3-c3cc(C)c(O[Si](C(C)C)(C(C)C)C(C)C)cc3N2c2ccc(OC)c([N+](=O)[O-])c2)cc1[N+](=O)[O-]. The van der Waals surface area contributed by atoms with Gasteiger partial charge in [0.25, 0.3) is 16.6 Å². The zero-order valence-electron chi connectivity index (χ0n) is 38.3. The zero-order chi connectivity index (χ0) is 44.8. The van der Waals surface area contributed by atoms with Gasteiger partial charge in [0.15, 0.2) is 11.5 Å². The van der Waals surface area contributed by atoms with Crippen LogP contribution in [0.3, 0.4) is 0 Å². The fourth-order valence-electron chi connectivity index (χ4n) is 10.1. The molecule has 0 spiro atoms. The lowest BCUT2D eigenvalue weighted by molar-refractivity contribution is -0.385. The van der Waals surface area contributed by atoms with E-state index in [1.807, 2.05) is 22.2 Å². The molecule has 1 aliphatic rings. The van der Waals surface area contributed by atoms with Crippen molar-refractivity contribution in [1.29, 1.82) is 0 Å². The number of nitrogens with zero attached hydrogens (tertiary/aromatic N) is 4. The van der Waals surface area contributed by atoms with Crippen LogP contribution in [-0.4, -0.2) is 40.7 Å². The number of benzene rings is 4. The number of methoxy groups -OCH3 is 2. The largest absolute Gasteiger partial charge is 0.542 e. The van der Waals surface area contributed by atoms with Crippen molar-refractivity contribution in [3.05, 3.63) is 92.0 Å². The van der Waals surface area contributed by atoms with Crippen molar-refractivity contribution in [2.24, 2.45) is 0 Å². The van der Waals surface area contributed by atoms with E-state index >= 15 is 0 Å². The topological polar surface area (TPSA) is 130 Å². The first-order valence-corrected chi connectivity index (χ1v) is 25.3. The summed E-state index contributed by atoms with van der Waals surface area (Å²) in [7, 11) is -2.15. The van der Waals surface area contributed by atoms with Crippen LogP contribution in [0.5, 0.6) is 23.0 Å². The summed E-state index contributed by atoms with van der Waals surface area (Å²) < 4.78 is 25.7. The molecule has 0 amide bonds. The average Bonchev–Trinajstić information content (AvgIpc) is 3.17. The van der Waals surface area contributed by atoms with Crippen LogP contribution in [0, 0.1) is 34.1 Å². The van der Waals surface area contributed by atoms with Crippen LogP contribution >= 0.6 is 0 Å². The van der Waals surface area contributed by atoms with Crippen LogP contribution in [0.2, 0.25) is 33.2 Å². The Kier molecular flexibility index (Phi) is 13.4. The van der Waals surface area contributed by atoms with Crippen LogP contribution in [0.15, 0.2) is 60.7 Å². The number of rotatable bonds is 16.